The third kappa shape index (κ3) is 2.34. The molecule has 1 aliphatic rings. The summed E-state index contributed by atoms with van der Waals surface area (Å²) in [6.45, 7) is 0. The van der Waals surface area contributed by atoms with Gasteiger partial charge in [-0.3, -0.25) is 0 Å². The molecule has 1 atom stereocenters. The van der Waals surface area contributed by atoms with Crippen LogP contribution in [0.5, 0.6) is 0 Å². The zero-order chi connectivity index (χ0) is 10.1. The molecule has 0 amide bonds. The summed E-state index contributed by atoms with van der Waals surface area (Å²) >= 11 is 3.31. The zero-order valence-corrected chi connectivity index (χ0v) is 9.30. The number of hydrogen-bond donors (Lipinski definition) is 1. The molecular weight excluding hydrogens is 247 g/mol. The normalized spacial score (nSPS) is 18.2. The standard InChI is InChI=1S/C11H12BrFO/c12-10-4-3-8(13)6-9(10)11(14)5-7-1-2-7/h3-4,6-7,11,14H,1-2,5H2/t11-/m1/s1. The Labute approximate surface area is 91.1 Å². The van der Waals surface area contributed by atoms with Gasteiger partial charge in [-0.1, -0.05) is 28.8 Å². The van der Waals surface area contributed by atoms with Crippen LogP contribution in [0, 0.1) is 11.7 Å². The van der Waals surface area contributed by atoms with Gasteiger partial charge in [-0.25, -0.2) is 4.39 Å². The molecule has 3 heteroatoms. The van der Waals surface area contributed by atoms with Crippen molar-refractivity contribution in [2.45, 2.75) is 25.4 Å². The van der Waals surface area contributed by atoms with Crippen LogP contribution in [0.1, 0.15) is 30.9 Å². The maximum absolute atomic E-state index is 12.9. The van der Waals surface area contributed by atoms with Gasteiger partial charge in [-0.05, 0) is 36.1 Å². The second-order valence-corrected chi connectivity index (χ2v) is 4.72. The van der Waals surface area contributed by atoms with E-state index in [-0.39, 0.29) is 5.82 Å². The summed E-state index contributed by atoms with van der Waals surface area (Å²) in [5, 5.41) is 9.84. The highest BCUT2D eigenvalue weighted by molar-refractivity contribution is 9.10. The molecule has 1 aliphatic carbocycles. The fraction of sp³-hybridized carbons (Fsp3) is 0.455. The minimum Gasteiger partial charge on any atom is -0.388 e. The van der Waals surface area contributed by atoms with Crippen molar-refractivity contribution in [3.05, 3.63) is 34.1 Å². The summed E-state index contributed by atoms with van der Waals surface area (Å²) in [5.41, 5.74) is 0.664. The van der Waals surface area contributed by atoms with Gasteiger partial charge in [-0.2, -0.15) is 0 Å². The SMILES string of the molecule is O[C@H](CC1CC1)c1cc(F)ccc1Br. The molecule has 0 bridgehead atoms. The lowest BCUT2D eigenvalue weighted by Crippen LogP contribution is -2.00. The molecule has 0 aliphatic heterocycles. The van der Waals surface area contributed by atoms with Crippen LogP contribution >= 0.6 is 15.9 Å². The molecule has 1 N–H and O–H groups in total. The van der Waals surface area contributed by atoms with Crippen LogP contribution in [-0.2, 0) is 0 Å². The second kappa shape index (κ2) is 3.99. The average Bonchev–Trinajstić information content (AvgIpc) is 2.93. The Kier molecular flexibility index (Phi) is 2.88. The molecule has 0 aromatic heterocycles. The molecule has 1 nitrogen and oxygen atoms in total. The van der Waals surface area contributed by atoms with Crippen molar-refractivity contribution in [3.8, 4) is 0 Å². The van der Waals surface area contributed by atoms with Crippen LogP contribution in [0.2, 0.25) is 0 Å². The Hall–Kier alpha value is -0.410. The molecule has 1 saturated carbocycles. The van der Waals surface area contributed by atoms with Gasteiger partial charge in [0.05, 0.1) is 6.10 Å². The van der Waals surface area contributed by atoms with Crippen molar-refractivity contribution in [2.24, 2.45) is 5.92 Å². The molecule has 0 unspecified atom stereocenters. The van der Waals surface area contributed by atoms with Crippen LogP contribution in [0.15, 0.2) is 22.7 Å². The molecule has 2 rings (SSSR count). The second-order valence-electron chi connectivity index (χ2n) is 3.86. The Bertz CT molecular complexity index is 336. The van der Waals surface area contributed by atoms with Gasteiger partial charge in [0.25, 0.3) is 0 Å². The Balaban J connectivity index is 2.15. The number of benzene rings is 1. The Morgan fingerprint density at radius 1 is 1.50 bits per heavy atom. The van der Waals surface area contributed by atoms with Crippen molar-refractivity contribution in [1.82, 2.24) is 0 Å². The first-order chi connectivity index (χ1) is 6.66. The third-order valence-electron chi connectivity index (χ3n) is 2.57. The minimum absolute atomic E-state index is 0.293. The number of halogens is 2. The summed E-state index contributed by atoms with van der Waals surface area (Å²) in [6.07, 6.45) is 2.61. The third-order valence-corrected chi connectivity index (χ3v) is 3.29. The van der Waals surface area contributed by atoms with Gasteiger partial charge < -0.3 is 5.11 Å². The molecule has 0 radical (unpaired) electrons. The van der Waals surface area contributed by atoms with Gasteiger partial charge in [0, 0.05) is 4.47 Å². The number of aliphatic hydroxyl groups excluding tert-OH is 1. The fourth-order valence-electron chi connectivity index (χ4n) is 1.57. The topological polar surface area (TPSA) is 20.2 Å². The highest BCUT2D eigenvalue weighted by Crippen LogP contribution is 2.39. The highest BCUT2D eigenvalue weighted by atomic mass is 79.9. The van der Waals surface area contributed by atoms with Crippen LogP contribution in [-0.4, -0.2) is 5.11 Å². The van der Waals surface area contributed by atoms with Crippen molar-refractivity contribution in [2.75, 3.05) is 0 Å². The number of aliphatic hydroxyl groups is 1. The first-order valence-corrected chi connectivity index (χ1v) is 5.59. The zero-order valence-electron chi connectivity index (χ0n) is 7.71. The van der Waals surface area contributed by atoms with E-state index in [1.165, 1.54) is 25.0 Å². The van der Waals surface area contributed by atoms with E-state index in [0.717, 1.165) is 10.9 Å². The lowest BCUT2D eigenvalue weighted by atomic mass is 10.0. The average molecular weight is 259 g/mol. The molecule has 1 aromatic rings. The van der Waals surface area contributed by atoms with Crippen molar-refractivity contribution in [3.63, 3.8) is 0 Å². The van der Waals surface area contributed by atoms with Gasteiger partial charge in [0.2, 0.25) is 0 Å². The van der Waals surface area contributed by atoms with E-state index in [4.69, 9.17) is 0 Å². The van der Waals surface area contributed by atoms with Gasteiger partial charge in [0.15, 0.2) is 0 Å². The van der Waals surface area contributed by atoms with Crippen molar-refractivity contribution in [1.29, 1.82) is 0 Å². The van der Waals surface area contributed by atoms with Crippen LogP contribution in [0.3, 0.4) is 0 Å². The predicted molar refractivity (Wildman–Crippen MR) is 56.4 cm³/mol. The van der Waals surface area contributed by atoms with E-state index >= 15 is 0 Å². The predicted octanol–water partition coefficient (Wildman–Crippen LogP) is 3.42. The quantitative estimate of drug-likeness (QED) is 0.881. The molecule has 76 valence electrons. The molecule has 14 heavy (non-hydrogen) atoms. The molecule has 1 aromatic carbocycles. The highest BCUT2D eigenvalue weighted by Gasteiger charge is 2.26. The maximum atomic E-state index is 12.9. The van der Waals surface area contributed by atoms with Gasteiger partial charge in [0.1, 0.15) is 5.82 Å². The van der Waals surface area contributed by atoms with E-state index < -0.39 is 6.10 Å². The summed E-state index contributed by atoms with van der Waals surface area (Å²) in [5.74, 6) is 0.346. The molecular formula is C11H12BrFO. The summed E-state index contributed by atoms with van der Waals surface area (Å²) in [4.78, 5) is 0. The molecule has 1 fully saturated rings. The lowest BCUT2D eigenvalue weighted by molar-refractivity contribution is 0.159. The van der Waals surface area contributed by atoms with Crippen LogP contribution < -0.4 is 0 Å². The van der Waals surface area contributed by atoms with Gasteiger partial charge >= 0.3 is 0 Å². The Morgan fingerprint density at radius 2 is 2.21 bits per heavy atom. The maximum Gasteiger partial charge on any atom is 0.123 e. The summed E-state index contributed by atoms with van der Waals surface area (Å²) < 4.78 is 13.7. The summed E-state index contributed by atoms with van der Waals surface area (Å²) in [7, 11) is 0. The molecule has 0 heterocycles. The number of hydrogen-bond acceptors (Lipinski definition) is 1. The fourth-order valence-corrected chi connectivity index (χ4v) is 2.08. The van der Waals surface area contributed by atoms with E-state index in [0.29, 0.717) is 11.5 Å². The smallest absolute Gasteiger partial charge is 0.123 e. The van der Waals surface area contributed by atoms with Crippen molar-refractivity contribution >= 4 is 15.9 Å². The summed E-state index contributed by atoms with van der Waals surface area (Å²) in [6, 6.07) is 4.43. The Morgan fingerprint density at radius 3 is 2.86 bits per heavy atom. The van der Waals surface area contributed by atoms with E-state index in [1.807, 2.05) is 0 Å². The van der Waals surface area contributed by atoms with Gasteiger partial charge in [-0.15, -0.1) is 0 Å². The van der Waals surface area contributed by atoms with Crippen LogP contribution in [0.25, 0.3) is 0 Å². The monoisotopic (exact) mass is 258 g/mol. The lowest BCUT2D eigenvalue weighted by Gasteiger charge is -2.12. The first kappa shape index (κ1) is 10.1. The van der Waals surface area contributed by atoms with Crippen molar-refractivity contribution < 1.29 is 9.50 Å². The molecule has 0 saturated heterocycles. The first-order valence-electron chi connectivity index (χ1n) is 4.80. The number of rotatable bonds is 3. The minimum atomic E-state index is -0.535. The van der Waals surface area contributed by atoms with E-state index in [1.54, 1.807) is 6.07 Å². The van der Waals surface area contributed by atoms with E-state index in [9.17, 15) is 9.50 Å². The van der Waals surface area contributed by atoms with Crippen LogP contribution in [0.4, 0.5) is 4.39 Å². The largest absolute Gasteiger partial charge is 0.388 e. The molecule has 0 spiro atoms. The van der Waals surface area contributed by atoms with E-state index in [2.05, 4.69) is 15.9 Å².